The molecule has 0 bridgehead atoms. The van der Waals surface area contributed by atoms with Crippen LogP contribution in [0.1, 0.15) is 39.5 Å². The van der Waals surface area contributed by atoms with Crippen molar-refractivity contribution in [2.75, 3.05) is 26.7 Å². The predicted octanol–water partition coefficient (Wildman–Crippen LogP) is 1.21. The molecular weight excluding hydrogens is 238 g/mol. The Hall–Kier alpha value is -0.610. The van der Waals surface area contributed by atoms with E-state index in [9.17, 15) is 4.79 Å². The molecule has 3 unspecified atom stereocenters. The van der Waals surface area contributed by atoms with Crippen molar-refractivity contribution in [1.82, 2.24) is 10.2 Å². The van der Waals surface area contributed by atoms with Gasteiger partial charge in [-0.15, -0.1) is 0 Å². The number of carbonyl (C=O) groups is 1. The van der Waals surface area contributed by atoms with Crippen LogP contribution in [0, 0.1) is 17.8 Å². The van der Waals surface area contributed by atoms with Crippen LogP contribution in [0.2, 0.25) is 0 Å². The molecule has 110 valence electrons. The molecule has 0 aliphatic heterocycles. The fraction of sp³-hybridized carbons (Fsp3) is 0.933. The second kappa shape index (κ2) is 5.80. The first kappa shape index (κ1) is 14.8. The van der Waals surface area contributed by atoms with E-state index in [0.29, 0.717) is 5.92 Å². The molecule has 0 aromatic carbocycles. The summed E-state index contributed by atoms with van der Waals surface area (Å²) >= 11 is 0. The van der Waals surface area contributed by atoms with Gasteiger partial charge in [-0.25, -0.2) is 0 Å². The monoisotopic (exact) mass is 267 g/mol. The van der Waals surface area contributed by atoms with Crippen LogP contribution in [0.4, 0.5) is 0 Å². The average molecular weight is 267 g/mol. The minimum Gasteiger partial charge on any atom is -0.368 e. The van der Waals surface area contributed by atoms with Gasteiger partial charge in [-0.2, -0.15) is 0 Å². The van der Waals surface area contributed by atoms with E-state index in [4.69, 9.17) is 5.73 Å². The van der Waals surface area contributed by atoms with Gasteiger partial charge < -0.3 is 16.0 Å². The lowest BCUT2D eigenvalue weighted by molar-refractivity contribution is -0.126. The number of rotatable bonds is 9. The molecule has 2 aliphatic carbocycles. The number of nitrogens with two attached hydrogens (primary N) is 1. The van der Waals surface area contributed by atoms with Crippen LogP contribution in [-0.2, 0) is 4.79 Å². The Kier molecular flexibility index (Phi) is 4.51. The molecule has 2 fully saturated rings. The van der Waals surface area contributed by atoms with E-state index in [0.717, 1.165) is 50.7 Å². The van der Waals surface area contributed by atoms with E-state index >= 15 is 0 Å². The van der Waals surface area contributed by atoms with E-state index in [1.54, 1.807) is 0 Å². The molecule has 19 heavy (non-hydrogen) atoms. The molecule has 2 aliphatic rings. The summed E-state index contributed by atoms with van der Waals surface area (Å²) in [5.41, 5.74) is 5.25. The molecule has 0 heterocycles. The lowest BCUT2D eigenvalue weighted by Crippen LogP contribution is -2.63. The van der Waals surface area contributed by atoms with Crippen molar-refractivity contribution in [1.29, 1.82) is 0 Å². The molecule has 0 aromatic rings. The second-order valence-corrected chi connectivity index (χ2v) is 6.71. The Labute approximate surface area is 117 Å². The van der Waals surface area contributed by atoms with Crippen molar-refractivity contribution in [2.24, 2.45) is 23.5 Å². The van der Waals surface area contributed by atoms with Crippen molar-refractivity contribution in [3.8, 4) is 0 Å². The van der Waals surface area contributed by atoms with Crippen LogP contribution in [0.15, 0.2) is 0 Å². The number of likely N-dealkylation sites (N-methyl/N-ethyl adjacent to an activating group) is 1. The molecule has 2 rings (SSSR count). The van der Waals surface area contributed by atoms with E-state index in [1.807, 2.05) is 0 Å². The highest BCUT2D eigenvalue weighted by molar-refractivity contribution is 5.86. The van der Waals surface area contributed by atoms with Crippen molar-refractivity contribution in [3.63, 3.8) is 0 Å². The van der Waals surface area contributed by atoms with Gasteiger partial charge in [0.05, 0.1) is 0 Å². The van der Waals surface area contributed by atoms with Crippen molar-refractivity contribution >= 4 is 5.91 Å². The smallest absolute Gasteiger partial charge is 0.239 e. The minimum atomic E-state index is -0.497. The van der Waals surface area contributed by atoms with Crippen molar-refractivity contribution in [3.05, 3.63) is 0 Å². The number of carbonyl (C=O) groups excluding carboxylic acids is 1. The van der Waals surface area contributed by atoms with E-state index < -0.39 is 5.54 Å². The second-order valence-electron chi connectivity index (χ2n) is 6.71. The Morgan fingerprint density at radius 1 is 1.47 bits per heavy atom. The molecule has 3 N–H and O–H groups in total. The van der Waals surface area contributed by atoms with Crippen LogP contribution in [-0.4, -0.2) is 43.0 Å². The average Bonchev–Trinajstić information content (AvgIpc) is 3.23. The molecule has 0 aromatic heterocycles. The Balaban J connectivity index is 1.96. The van der Waals surface area contributed by atoms with Crippen LogP contribution < -0.4 is 11.1 Å². The summed E-state index contributed by atoms with van der Waals surface area (Å²) in [6.45, 7) is 7.15. The lowest BCUT2D eigenvalue weighted by atomic mass is 9.91. The summed E-state index contributed by atoms with van der Waals surface area (Å²) in [4.78, 5) is 14.3. The zero-order valence-electron chi connectivity index (χ0n) is 12.6. The maximum absolute atomic E-state index is 12.0. The van der Waals surface area contributed by atoms with Gasteiger partial charge in [0.25, 0.3) is 0 Å². The zero-order valence-corrected chi connectivity index (χ0v) is 12.6. The van der Waals surface area contributed by atoms with Gasteiger partial charge in [0.15, 0.2) is 0 Å². The van der Waals surface area contributed by atoms with Crippen LogP contribution in [0.25, 0.3) is 0 Å². The molecule has 0 spiro atoms. The fourth-order valence-corrected chi connectivity index (χ4v) is 3.16. The molecule has 0 saturated heterocycles. The van der Waals surface area contributed by atoms with Gasteiger partial charge >= 0.3 is 0 Å². The zero-order chi connectivity index (χ0) is 14.0. The van der Waals surface area contributed by atoms with Gasteiger partial charge in [-0.05, 0) is 57.0 Å². The molecule has 2 saturated carbocycles. The SMILES string of the molecule is CCCNC(CN(C)CC1CC1C)(C(N)=O)C1CC1. The third-order valence-corrected chi connectivity index (χ3v) is 4.75. The normalized spacial score (nSPS) is 29.3. The highest BCUT2D eigenvalue weighted by Crippen LogP contribution is 2.41. The standard InChI is InChI=1S/C15H29N3O/c1-4-7-17-15(14(16)19,13-5-6-13)10-18(3)9-12-8-11(12)2/h11-13,17H,4-10H2,1-3H3,(H2,16,19). The third-order valence-electron chi connectivity index (χ3n) is 4.75. The predicted molar refractivity (Wildman–Crippen MR) is 77.7 cm³/mol. The van der Waals surface area contributed by atoms with E-state index in [2.05, 4.69) is 31.1 Å². The van der Waals surface area contributed by atoms with Crippen LogP contribution in [0.3, 0.4) is 0 Å². The quantitative estimate of drug-likeness (QED) is 0.660. The Morgan fingerprint density at radius 3 is 2.53 bits per heavy atom. The fourth-order valence-electron chi connectivity index (χ4n) is 3.16. The lowest BCUT2D eigenvalue weighted by Gasteiger charge is -2.36. The number of hydrogen-bond donors (Lipinski definition) is 2. The van der Waals surface area contributed by atoms with Gasteiger partial charge in [-0.1, -0.05) is 13.8 Å². The van der Waals surface area contributed by atoms with Crippen LogP contribution >= 0.6 is 0 Å². The van der Waals surface area contributed by atoms with Gasteiger partial charge in [0.1, 0.15) is 5.54 Å². The van der Waals surface area contributed by atoms with E-state index in [-0.39, 0.29) is 5.91 Å². The molecule has 4 heteroatoms. The third kappa shape index (κ3) is 3.48. The summed E-state index contributed by atoms with van der Waals surface area (Å²) in [5.74, 6) is 1.95. The highest BCUT2D eigenvalue weighted by atomic mass is 16.1. The van der Waals surface area contributed by atoms with Gasteiger partial charge in [0, 0.05) is 13.1 Å². The maximum atomic E-state index is 12.0. The number of amides is 1. The number of hydrogen-bond acceptors (Lipinski definition) is 3. The first-order valence-electron chi connectivity index (χ1n) is 7.73. The van der Waals surface area contributed by atoms with Crippen molar-refractivity contribution < 1.29 is 4.79 Å². The first-order valence-corrected chi connectivity index (χ1v) is 7.73. The summed E-state index contributed by atoms with van der Waals surface area (Å²) in [6, 6.07) is 0. The molecule has 4 nitrogen and oxygen atoms in total. The molecule has 3 atom stereocenters. The number of primary amides is 1. The summed E-state index contributed by atoms with van der Waals surface area (Å²) in [5, 5.41) is 3.46. The van der Waals surface area contributed by atoms with Gasteiger partial charge in [-0.3, -0.25) is 4.79 Å². The Bertz CT molecular complexity index is 329. The maximum Gasteiger partial charge on any atom is 0.239 e. The topological polar surface area (TPSA) is 58.4 Å². The van der Waals surface area contributed by atoms with E-state index in [1.165, 1.54) is 6.42 Å². The summed E-state index contributed by atoms with van der Waals surface area (Å²) < 4.78 is 0. The highest BCUT2D eigenvalue weighted by Gasteiger charge is 2.50. The number of nitrogens with one attached hydrogen (secondary N) is 1. The van der Waals surface area contributed by atoms with Crippen LogP contribution in [0.5, 0.6) is 0 Å². The number of nitrogens with zero attached hydrogens (tertiary/aromatic N) is 1. The largest absolute Gasteiger partial charge is 0.368 e. The van der Waals surface area contributed by atoms with Gasteiger partial charge in [0.2, 0.25) is 5.91 Å². The first-order chi connectivity index (χ1) is 8.99. The van der Waals surface area contributed by atoms with Crippen molar-refractivity contribution in [2.45, 2.75) is 45.1 Å². The molecule has 0 radical (unpaired) electrons. The molecule has 1 amide bonds. The summed E-state index contributed by atoms with van der Waals surface area (Å²) in [7, 11) is 2.12. The summed E-state index contributed by atoms with van der Waals surface area (Å²) in [6.07, 6.45) is 4.63. The molecular formula is C15H29N3O. The minimum absolute atomic E-state index is 0.167. The Morgan fingerprint density at radius 2 is 2.11 bits per heavy atom.